The summed E-state index contributed by atoms with van der Waals surface area (Å²) >= 11 is 0. The highest BCUT2D eigenvalue weighted by Crippen LogP contribution is 2.45. The van der Waals surface area contributed by atoms with Gasteiger partial charge in [-0.25, -0.2) is 0 Å². The number of carboxylic acid groups (broad SMARTS) is 1. The molecule has 0 amide bonds. The monoisotopic (exact) mass is 262 g/mol. The highest BCUT2D eigenvalue weighted by atomic mass is 16.4. The van der Waals surface area contributed by atoms with Crippen molar-refractivity contribution in [1.82, 2.24) is 0 Å². The number of aliphatic carboxylic acids is 1. The molecule has 3 atom stereocenters. The molecule has 0 aromatic rings. The maximum atomic E-state index is 12.2. The van der Waals surface area contributed by atoms with Crippen LogP contribution in [0.2, 0.25) is 0 Å². The molecule has 0 heterocycles. The van der Waals surface area contributed by atoms with Gasteiger partial charge in [0.2, 0.25) is 0 Å². The molecule has 102 valence electrons. The van der Waals surface area contributed by atoms with E-state index in [2.05, 4.69) is 6.58 Å². The van der Waals surface area contributed by atoms with Crippen LogP contribution in [0.5, 0.6) is 0 Å². The number of carbonyl (C=O) groups is 3. The minimum absolute atomic E-state index is 0.0174. The van der Waals surface area contributed by atoms with Crippen molar-refractivity contribution in [3.63, 3.8) is 0 Å². The van der Waals surface area contributed by atoms with Gasteiger partial charge in [-0.05, 0) is 31.3 Å². The predicted octanol–water partition coefficient (Wildman–Crippen LogP) is 2.15. The Morgan fingerprint density at radius 2 is 2.21 bits per heavy atom. The molecule has 4 heteroatoms. The van der Waals surface area contributed by atoms with Gasteiger partial charge in [0.05, 0.1) is 5.92 Å². The van der Waals surface area contributed by atoms with Crippen molar-refractivity contribution in [2.24, 2.45) is 17.8 Å². The summed E-state index contributed by atoms with van der Waals surface area (Å²) in [6.07, 6.45) is 3.81. The molecule has 4 nitrogen and oxygen atoms in total. The number of allylic oxidation sites excluding steroid dienone is 3. The Morgan fingerprint density at radius 1 is 1.53 bits per heavy atom. The van der Waals surface area contributed by atoms with Crippen molar-refractivity contribution in [2.75, 3.05) is 0 Å². The standard InChI is InChI=1S/C15H18O4/c1-8-3-4-10-6-12(8)14(17)13(10)7-11(16)5-9(2)15(18)19/h7,9-10,12H,1,3-6H2,2H3,(H,18,19)/b13-7+/t9?,10-,12-/m1/s1. The number of ketones is 2. The fraction of sp³-hybridized carbons (Fsp3) is 0.533. The molecular weight excluding hydrogens is 244 g/mol. The largest absolute Gasteiger partial charge is 0.481 e. The molecule has 0 spiro atoms. The first kappa shape index (κ1) is 13.7. The maximum Gasteiger partial charge on any atom is 0.306 e. The minimum Gasteiger partial charge on any atom is -0.481 e. The second-order valence-electron chi connectivity index (χ2n) is 5.56. The average Bonchev–Trinajstić information content (AvgIpc) is 2.59. The lowest BCUT2D eigenvalue weighted by Gasteiger charge is -2.18. The normalized spacial score (nSPS) is 29.6. The van der Waals surface area contributed by atoms with Crippen LogP contribution in [0.3, 0.4) is 0 Å². The van der Waals surface area contributed by atoms with Gasteiger partial charge in [0.25, 0.3) is 0 Å². The first-order valence-electron chi connectivity index (χ1n) is 6.59. The molecule has 19 heavy (non-hydrogen) atoms. The van der Waals surface area contributed by atoms with Gasteiger partial charge in [0.1, 0.15) is 0 Å². The van der Waals surface area contributed by atoms with Crippen LogP contribution < -0.4 is 0 Å². The highest BCUT2D eigenvalue weighted by molar-refractivity contribution is 6.07. The Balaban J connectivity index is 2.11. The van der Waals surface area contributed by atoms with Crippen molar-refractivity contribution < 1.29 is 19.5 Å². The second kappa shape index (κ2) is 5.11. The van der Waals surface area contributed by atoms with Crippen LogP contribution in [0.1, 0.15) is 32.6 Å². The van der Waals surface area contributed by atoms with Crippen molar-refractivity contribution in [2.45, 2.75) is 32.6 Å². The van der Waals surface area contributed by atoms with Crippen LogP contribution in [0.15, 0.2) is 23.8 Å². The summed E-state index contributed by atoms with van der Waals surface area (Å²) in [5.74, 6) is -1.91. The average molecular weight is 262 g/mol. The van der Waals surface area contributed by atoms with Gasteiger partial charge in [0, 0.05) is 17.9 Å². The molecule has 2 fully saturated rings. The van der Waals surface area contributed by atoms with E-state index < -0.39 is 11.9 Å². The number of Topliss-reactive ketones (excluding diaryl/α,β-unsaturated/α-hetero) is 1. The predicted molar refractivity (Wildman–Crippen MR) is 69.5 cm³/mol. The van der Waals surface area contributed by atoms with Crippen LogP contribution in [0.4, 0.5) is 0 Å². The fourth-order valence-corrected chi connectivity index (χ4v) is 2.89. The van der Waals surface area contributed by atoms with Gasteiger partial charge in [-0.2, -0.15) is 0 Å². The fourth-order valence-electron chi connectivity index (χ4n) is 2.89. The summed E-state index contributed by atoms with van der Waals surface area (Å²) in [6.45, 7) is 5.41. The van der Waals surface area contributed by atoms with E-state index in [-0.39, 0.29) is 29.8 Å². The number of rotatable bonds is 4. The first-order chi connectivity index (χ1) is 8.90. The van der Waals surface area contributed by atoms with Crippen molar-refractivity contribution in [3.8, 4) is 0 Å². The summed E-state index contributed by atoms with van der Waals surface area (Å²) in [5.41, 5.74) is 1.56. The number of carbonyl (C=O) groups excluding carboxylic acids is 2. The third-order valence-electron chi connectivity index (χ3n) is 4.11. The molecule has 2 rings (SSSR count). The Kier molecular flexibility index (Phi) is 3.69. The first-order valence-corrected chi connectivity index (χ1v) is 6.59. The zero-order chi connectivity index (χ0) is 14.2. The second-order valence-corrected chi connectivity index (χ2v) is 5.56. The summed E-state index contributed by atoms with van der Waals surface area (Å²) in [5, 5.41) is 8.78. The Morgan fingerprint density at radius 3 is 2.79 bits per heavy atom. The third kappa shape index (κ3) is 2.67. The summed E-state index contributed by atoms with van der Waals surface area (Å²) < 4.78 is 0. The molecule has 0 aliphatic heterocycles. The lowest BCUT2D eigenvalue weighted by Crippen LogP contribution is -2.14. The smallest absolute Gasteiger partial charge is 0.306 e. The highest BCUT2D eigenvalue weighted by Gasteiger charge is 2.42. The van der Waals surface area contributed by atoms with Gasteiger partial charge in [-0.3, -0.25) is 14.4 Å². The van der Waals surface area contributed by atoms with E-state index in [0.29, 0.717) is 5.57 Å². The Bertz CT molecular complexity index is 486. The van der Waals surface area contributed by atoms with Gasteiger partial charge in [0.15, 0.2) is 11.6 Å². The minimum atomic E-state index is -0.989. The lowest BCUT2D eigenvalue weighted by molar-refractivity contribution is -0.142. The Labute approximate surface area is 112 Å². The molecular formula is C15H18O4. The Hall–Kier alpha value is -1.71. The number of hydrogen-bond acceptors (Lipinski definition) is 3. The van der Waals surface area contributed by atoms with Crippen LogP contribution in [-0.4, -0.2) is 22.6 Å². The van der Waals surface area contributed by atoms with E-state index in [4.69, 9.17) is 5.11 Å². The van der Waals surface area contributed by atoms with Crippen LogP contribution in [0, 0.1) is 17.8 Å². The van der Waals surface area contributed by atoms with Crippen molar-refractivity contribution >= 4 is 17.5 Å². The molecule has 2 aliphatic rings. The van der Waals surface area contributed by atoms with Gasteiger partial charge in [-0.1, -0.05) is 19.1 Å². The molecule has 0 saturated heterocycles. The van der Waals surface area contributed by atoms with Crippen LogP contribution >= 0.6 is 0 Å². The van der Waals surface area contributed by atoms with E-state index in [1.54, 1.807) is 0 Å². The molecule has 0 radical (unpaired) electrons. The van der Waals surface area contributed by atoms with Crippen LogP contribution in [0.25, 0.3) is 0 Å². The topological polar surface area (TPSA) is 71.4 Å². The van der Waals surface area contributed by atoms with E-state index in [1.165, 1.54) is 13.0 Å². The molecule has 2 bridgehead atoms. The molecule has 2 aliphatic carbocycles. The third-order valence-corrected chi connectivity index (χ3v) is 4.11. The summed E-state index contributed by atoms with van der Waals surface area (Å²) in [4.78, 5) is 34.7. The summed E-state index contributed by atoms with van der Waals surface area (Å²) in [6, 6.07) is 0. The van der Waals surface area contributed by atoms with Gasteiger partial charge >= 0.3 is 5.97 Å². The van der Waals surface area contributed by atoms with E-state index in [0.717, 1.165) is 24.8 Å². The molecule has 0 aromatic carbocycles. The number of hydrogen-bond donors (Lipinski definition) is 1. The molecule has 0 aromatic heterocycles. The lowest BCUT2D eigenvalue weighted by atomic mass is 9.85. The number of carboxylic acids is 1. The van der Waals surface area contributed by atoms with Crippen molar-refractivity contribution in [3.05, 3.63) is 23.8 Å². The zero-order valence-electron chi connectivity index (χ0n) is 11.0. The van der Waals surface area contributed by atoms with E-state index in [9.17, 15) is 14.4 Å². The quantitative estimate of drug-likeness (QED) is 0.622. The van der Waals surface area contributed by atoms with Gasteiger partial charge in [-0.15, -0.1) is 0 Å². The molecule has 1 N–H and O–H groups in total. The molecule has 2 saturated carbocycles. The SMILES string of the molecule is C=C1CC[C@@H]2C[C@H]1C(=O)/C2=C/C(=O)CC(C)C(=O)O. The van der Waals surface area contributed by atoms with Crippen molar-refractivity contribution in [1.29, 1.82) is 0 Å². The zero-order valence-corrected chi connectivity index (χ0v) is 11.0. The number of fused-ring (bicyclic) bond motifs is 2. The van der Waals surface area contributed by atoms with E-state index >= 15 is 0 Å². The summed E-state index contributed by atoms with van der Waals surface area (Å²) in [7, 11) is 0. The molecule has 1 unspecified atom stereocenters. The maximum absolute atomic E-state index is 12.2. The van der Waals surface area contributed by atoms with E-state index in [1.807, 2.05) is 0 Å². The van der Waals surface area contributed by atoms with Crippen LogP contribution in [-0.2, 0) is 14.4 Å². The van der Waals surface area contributed by atoms with Gasteiger partial charge < -0.3 is 5.11 Å².